The molecule has 1 amide bonds. The Labute approximate surface area is 154 Å². The van der Waals surface area contributed by atoms with Crippen molar-refractivity contribution in [3.8, 4) is 0 Å². The van der Waals surface area contributed by atoms with Crippen LogP contribution in [0, 0.1) is 5.92 Å². The van der Waals surface area contributed by atoms with E-state index in [2.05, 4.69) is 5.32 Å². The van der Waals surface area contributed by atoms with Crippen molar-refractivity contribution in [2.75, 3.05) is 6.61 Å². The molecule has 6 heteroatoms. The summed E-state index contributed by atoms with van der Waals surface area (Å²) < 4.78 is 7.17. The van der Waals surface area contributed by atoms with Crippen LogP contribution in [-0.2, 0) is 27.8 Å². The Hall–Kier alpha value is -2.34. The molecule has 0 bridgehead atoms. The number of carbonyl (C=O) groups excluding carboxylic acids is 2. The molecule has 0 aliphatic rings. The van der Waals surface area contributed by atoms with Gasteiger partial charge in [-0.3, -0.25) is 4.79 Å². The number of benzene rings is 1. The van der Waals surface area contributed by atoms with Gasteiger partial charge in [-0.2, -0.15) is 0 Å². The molecule has 0 aliphatic heterocycles. The van der Waals surface area contributed by atoms with E-state index in [0.29, 0.717) is 6.42 Å². The number of carbonyl (C=O) groups is 2. The van der Waals surface area contributed by atoms with Crippen molar-refractivity contribution in [2.24, 2.45) is 18.7 Å². The number of fused-ring (bicyclic) bond motifs is 1. The second kappa shape index (κ2) is 8.85. The van der Waals surface area contributed by atoms with Crippen molar-refractivity contribution >= 4 is 22.8 Å². The molecule has 0 radical (unpaired) electrons. The van der Waals surface area contributed by atoms with Crippen molar-refractivity contribution in [2.45, 2.75) is 45.7 Å². The number of aromatic nitrogens is 1. The summed E-state index contributed by atoms with van der Waals surface area (Å²) in [6, 6.07) is 6.56. The number of amides is 1. The van der Waals surface area contributed by atoms with Crippen LogP contribution < -0.4 is 11.1 Å². The number of para-hydroxylation sites is 1. The van der Waals surface area contributed by atoms with Gasteiger partial charge in [-0.05, 0) is 24.5 Å². The zero-order valence-corrected chi connectivity index (χ0v) is 16.0. The second-order valence-corrected chi connectivity index (χ2v) is 6.71. The van der Waals surface area contributed by atoms with Gasteiger partial charge in [0.2, 0.25) is 5.91 Å². The third-order valence-electron chi connectivity index (χ3n) is 4.85. The maximum Gasteiger partial charge on any atom is 0.328 e. The third kappa shape index (κ3) is 4.43. The average molecular weight is 359 g/mol. The molecule has 0 spiro atoms. The highest BCUT2D eigenvalue weighted by molar-refractivity contribution is 5.89. The van der Waals surface area contributed by atoms with Gasteiger partial charge in [-0.1, -0.05) is 38.5 Å². The van der Waals surface area contributed by atoms with Crippen LogP contribution >= 0.6 is 0 Å². The fourth-order valence-corrected chi connectivity index (χ4v) is 3.02. The molecule has 2 rings (SSSR count). The number of hydrogen-bond acceptors (Lipinski definition) is 4. The van der Waals surface area contributed by atoms with Crippen LogP contribution in [0.1, 0.15) is 32.8 Å². The number of rotatable bonds is 8. The molecule has 1 aromatic heterocycles. The molecule has 142 valence electrons. The van der Waals surface area contributed by atoms with Crippen molar-refractivity contribution < 1.29 is 14.3 Å². The fourth-order valence-electron chi connectivity index (χ4n) is 3.02. The molecule has 3 atom stereocenters. The molecule has 0 saturated heterocycles. The molecular weight excluding hydrogens is 330 g/mol. The number of nitrogens with zero attached hydrogens (tertiary/aromatic N) is 1. The SMILES string of the molecule is CCOC(=O)[C@@H](Cc1cn(C)c2ccccc12)NC(=O)C(N)[C@@H](C)CC. The Bertz CT molecular complexity index is 769. The molecule has 0 aliphatic carbocycles. The average Bonchev–Trinajstić information content (AvgIpc) is 2.96. The fraction of sp³-hybridized carbons (Fsp3) is 0.500. The Balaban J connectivity index is 2.24. The van der Waals surface area contributed by atoms with E-state index in [9.17, 15) is 9.59 Å². The normalized spacial score (nSPS) is 14.7. The number of nitrogens with two attached hydrogens (primary N) is 1. The Morgan fingerprint density at radius 3 is 2.62 bits per heavy atom. The Morgan fingerprint density at radius 2 is 1.96 bits per heavy atom. The molecule has 2 aromatic rings. The molecule has 3 N–H and O–H groups in total. The number of aryl methyl sites for hydroxylation is 1. The quantitative estimate of drug-likeness (QED) is 0.707. The van der Waals surface area contributed by atoms with Gasteiger partial charge in [0.05, 0.1) is 12.6 Å². The summed E-state index contributed by atoms with van der Waals surface area (Å²) in [6.45, 7) is 5.92. The first kappa shape index (κ1) is 20.0. The van der Waals surface area contributed by atoms with E-state index in [0.717, 1.165) is 22.9 Å². The third-order valence-corrected chi connectivity index (χ3v) is 4.85. The van der Waals surface area contributed by atoms with Crippen LogP contribution in [0.4, 0.5) is 0 Å². The summed E-state index contributed by atoms with van der Waals surface area (Å²) in [6.07, 6.45) is 3.14. The van der Waals surface area contributed by atoms with Gasteiger partial charge >= 0.3 is 5.97 Å². The molecule has 0 fully saturated rings. The predicted molar refractivity (Wildman–Crippen MR) is 103 cm³/mol. The second-order valence-electron chi connectivity index (χ2n) is 6.71. The van der Waals surface area contributed by atoms with E-state index >= 15 is 0 Å². The molecule has 6 nitrogen and oxygen atoms in total. The molecule has 1 unspecified atom stereocenters. The largest absolute Gasteiger partial charge is 0.464 e. The zero-order chi connectivity index (χ0) is 19.3. The van der Waals surface area contributed by atoms with Gasteiger partial charge in [0.15, 0.2) is 0 Å². The first-order valence-corrected chi connectivity index (χ1v) is 9.14. The number of ether oxygens (including phenoxy) is 1. The van der Waals surface area contributed by atoms with Gasteiger partial charge in [0.1, 0.15) is 6.04 Å². The van der Waals surface area contributed by atoms with E-state index < -0.39 is 18.1 Å². The Morgan fingerprint density at radius 1 is 1.27 bits per heavy atom. The molecule has 1 heterocycles. The minimum atomic E-state index is -0.761. The number of esters is 1. The van der Waals surface area contributed by atoms with E-state index in [-0.39, 0.29) is 18.4 Å². The topological polar surface area (TPSA) is 86.3 Å². The lowest BCUT2D eigenvalue weighted by atomic mass is 9.98. The van der Waals surface area contributed by atoms with Crippen molar-refractivity contribution in [3.63, 3.8) is 0 Å². The minimum absolute atomic E-state index is 0.0374. The van der Waals surface area contributed by atoms with E-state index in [1.165, 1.54) is 0 Å². The van der Waals surface area contributed by atoms with Crippen LogP contribution in [0.5, 0.6) is 0 Å². The van der Waals surface area contributed by atoms with Crippen molar-refractivity contribution in [1.82, 2.24) is 9.88 Å². The van der Waals surface area contributed by atoms with E-state index in [1.807, 2.05) is 55.9 Å². The standard InChI is InChI=1S/C20H29N3O3/c1-5-13(3)18(21)19(24)22-16(20(25)26-6-2)11-14-12-23(4)17-10-8-7-9-15(14)17/h7-10,12-13,16,18H,5-6,11,21H2,1-4H3,(H,22,24)/t13-,16+,18?/m0/s1. The molecule has 0 saturated carbocycles. The minimum Gasteiger partial charge on any atom is -0.464 e. The lowest BCUT2D eigenvalue weighted by molar-refractivity contribution is -0.147. The number of hydrogen-bond donors (Lipinski definition) is 2. The summed E-state index contributed by atoms with van der Waals surface area (Å²) in [5, 5.41) is 3.85. The lowest BCUT2D eigenvalue weighted by Gasteiger charge is -2.22. The van der Waals surface area contributed by atoms with Crippen LogP contribution in [0.15, 0.2) is 30.5 Å². The van der Waals surface area contributed by atoms with Gasteiger partial charge in [-0.15, -0.1) is 0 Å². The van der Waals surface area contributed by atoms with E-state index in [1.54, 1.807) is 6.92 Å². The van der Waals surface area contributed by atoms with Crippen LogP contribution in [0.3, 0.4) is 0 Å². The maximum atomic E-state index is 12.5. The smallest absolute Gasteiger partial charge is 0.328 e. The Kier molecular flexibility index (Phi) is 6.80. The molecule has 26 heavy (non-hydrogen) atoms. The monoisotopic (exact) mass is 359 g/mol. The number of nitrogens with one attached hydrogen (secondary N) is 1. The highest BCUT2D eigenvalue weighted by Gasteiger charge is 2.28. The van der Waals surface area contributed by atoms with Gasteiger partial charge < -0.3 is 20.4 Å². The van der Waals surface area contributed by atoms with Gasteiger partial charge in [-0.25, -0.2) is 4.79 Å². The lowest BCUT2D eigenvalue weighted by Crippen LogP contribution is -2.51. The van der Waals surface area contributed by atoms with Crippen LogP contribution in [0.25, 0.3) is 10.9 Å². The highest BCUT2D eigenvalue weighted by Crippen LogP contribution is 2.22. The molecule has 1 aromatic carbocycles. The van der Waals surface area contributed by atoms with Crippen molar-refractivity contribution in [1.29, 1.82) is 0 Å². The first-order valence-electron chi connectivity index (χ1n) is 9.14. The first-order chi connectivity index (χ1) is 12.4. The van der Waals surface area contributed by atoms with Crippen LogP contribution in [-0.4, -0.2) is 35.1 Å². The van der Waals surface area contributed by atoms with Crippen molar-refractivity contribution in [3.05, 3.63) is 36.0 Å². The van der Waals surface area contributed by atoms with E-state index in [4.69, 9.17) is 10.5 Å². The summed E-state index contributed by atoms with van der Waals surface area (Å²) in [4.78, 5) is 24.9. The van der Waals surface area contributed by atoms with Gasteiger partial charge in [0, 0.05) is 30.6 Å². The summed E-state index contributed by atoms with van der Waals surface area (Å²) in [5.74, 6) is -0.724. The summed E-state index contributed by atoms with van der Waals surface area (Å²) in [7, 11) is 1.96. The highest BCUT2D eigenvalue weighted by atomic mass is 16.5. The zero-order valence-electron chi connectivity index (χ0n) is 16.0. The molecular formula is C20H29N3O3. The summed E-state index contributed by atoms with van der Waals surface area (Å²) in [5.41, 5.74) is 8.07. The predicted octanol–water partition coefficient (Wildman–Crippen LogP) is 2.14. The maximum absolute atomic E-state index is 12.5. The van der Waals surface area contributed by atoms with Crippen LogP contribution in [0.2, 0.25) is 0 Å². The van der Waals surface area contributed by atoms with Gasteiger partial charge in [0.25, 0.3) is 0 Å². The summed E-state index contributed by atoms with van der Waals surface area (Å²) >= 11 is 0.